The van der Waals surface area contributed by atoms with E-state index in [1.54, 1.807) is 24.2 Å². The maximum atomic E-state index is 13.7. The first-order valence-corrected chi connectivity index (χ1v) is 11.9. The molecule has 3 atom stereocenters. The fraction of sp³-hybridized carbons (Fsp3) is 0.333. The Balaban J connectivity index is 1.27. The summed E-state index contributed by atoms with van der Waals surface area (Å²) in [5, 5.41) is 9.51. The zero-order valence-corrected chi connectivity index (χ0v) is 18.9. The molecule has 1 amide bonds. The first kappa shape index (κ1) is 19.5. The number of piperidine rings is 1. The van der Waals surface area contributed by atoms with Crippen molar-refractivity contribution in [3.8, 4) is 5.69 Å². The van der Waals surface area contributed by atoms with Crippen molar-refractivity contribution in [1.29, 1.82) is 0 Å². The molecule has 2 aromatic heterocycles. The second kappa shape index (κ2) is 7.48. The Morgan fingerprint density at radius 3 is 2.78 bits per heavy atom. The van der Waals surface area contributed by atoms with Gasteiger partial charge in [0.05, 0.1) is 34.7 Å². The Hall–Kier alpha value is -3.13. The number of benzene rings is 2. The first-order chi connectivity index (χ1) is 15.6. The van der Waals surface area contributed by atoms with E-state index in [1.165, 1.54) is 11.2 Å². The van der Waals surface area contributed by atoms with Gasteiger partial charge >= 0.3 is 0 Å². The SMILES string of the molecule is Cc1ccc(-n2nccn2)c(C(=O)N2C[C@H]3C[C@H]3[C@H]2CSc2nc3ccccc3n2C)c1. The minimum Gasteiger partial charge on any atom is -0.334 e. The number of hydrogen-bond acceptors (Lipinski definition) is 5. The standard InChI is InChI=1S/C24H24N6OS/c1-15-7-8-20(30-25-9-10-26-30)18(11-15)23(31)29-13-16-12-17(16)22(29)14-32-24-27-19-5-3-4-6-21(19)28(24)2/h3-11,16-17,22H,12-14H2,1-2H3/t16-,17-,22-/m1/s1. The van der Waals surface area contributed by atoms with Crippen molar-refractivity contribution in [2.24, 2.45) is 18.9 Å². The molecule has 162 valence electrons. The lowest BCUT2D eigenvalue weighted by molar-refractivity contribution is 0.0722. The number of para-hydroxylation sites is 2. The molecule has 32 heavy (non-hydrogen) atoms. The molecule has 1 aliphatic heterocycles. The van der Waals surface area contributed by atoms with Crippen molar-refractivity contribution in [3.63, 3.8) is 0 Å². The lowest BCUT2D eigenvalue weighted by Crippen LogP contribution is -2.40. The average Bonchev–Trinajstić information content (AvgIpc) is 3.14. The predicted octanol–water partition coefficient (Wildman–Crippen LogP) is 3.72. The van der Waals surface area contributed by atoms with E-state index in [1.807, 2.05) is 43.3 Å². The smallest absolute Gasteiger partial charge is 0.256 e. The van der Waals surface area contributed by atoms with E-state index in [9.17, 15) is 4.79 Å². The van der Waals surface area contributed by atoms with Crippen LogP contribution < -0.4 is 0 Å². The van der Waals surface area contributed by atoms with Gasteiger partial charge in [0.2, 0.25) is 0 Å². The summed E-state index contributed by atoms with van der Waals surface area (Å²) in [5.41, 5.74) is 4.60. The highest BCUT2D eigenvalue weighted by molar-refractivity contribution is 7.99. The predicted molar refractivity (Wildman–Crippen MR) is 124 cm³/mol. The van der Waals surface area contributed by atoms with Crippen molar-refractivity contribution in [2.45, 2.75) is 24.5 Å². The monoisotopic (exact) mass is 444 g/mol. The summed E-state index contributed by atoms with van der Waals surface area (Å²) in [7, 11) is 2.06. The van der Waals surface area contributed by atoms with Gasteiger partial charge in [-0.1, -0.05) is 35.5 Å². The Morgan fingerprint density at radius 1 is 1.16 bits per heavy atom. The highest BCUT2D eigenvalue weighted by atomic mass is 32.2. The van der Waals surface area contributed by atoms with Crippen LogP contribution in [0.15, 0.2) is 60.0 Å². The van der Waals surface area contributed by atoms with E-state index in [0.717, 1.165) is 39.7 Å². The van der Waals surface area contributed by atoms with Gasteiger partial charge in [-0.15, -0.1) is 0 Å². The van der Waals surface area contributed by atoms with E-state index >= 15 is 0 Å². The molecule has 2 aromatic carbocycles. The number of likely N-dealkylation sites (tertiary alicyclic amines) is 1. The Kier molecular flexibility index (Phi) is 4.57. The van der Waals surface area contributed by atoms with Crippen LogP contribution in [0.3, 0.4) is 0 Å². The van der Waals surface area contributed by atoms with Crippen LogP contribution in [0.5, 0.6) is 0 Å². The first-order valence-electron chi connectivity index (χ1n) is 10.9. The molecule has 1 saturated heterocycles. The topological polar surface area (TPSA) is 68.8 Å². The van der Waals surface area contributed by atoms with Crippen LogP contribution in [0.2, 0.25) is 0 Å². The van der Waals surface area contributed by atoms with Crippen molar-refractivity contribution >= 4 is 28.7 Å². The number of carbonyl (C=O) groups excluding carboxylic acids is 1. The highest BCUT2D eigenvalue weighted by Gasteiger charge is 2.54. The van der Waals surface area contributed by atoms with Crippen molar-refractivity contribution in [1.82, 2.24) is 29.4 Å². The van der Waals surface area contributed by atoms with E-state index < -0.39 is 0 Å². The zero-order valence-electron chi connectivity index (χ0n) is 18.0. The van der Waals surface area contributed by atoms with Gasteiger partial charge in [-0.3, -0.25) is 4.79 Å². The van der Waals surface area contributed by atoms with E-state index in [-0.39, 0.29) is 11.9 Å². The summed E-state index contributed by atoms with van der Waals surface area (Å²) in [5.74, 6) is 2.15. The molecule has 1 aliphatic carbocycles. The lowest BCUT2D eigenvalue weighted by atomic mass is 10.1. The van der Waals surface area contributed by atoms with Crippen LogP contribution in [-0.4, -0.2) is 53.7 Å². The van der Waals surface area contributed by atoms with Crippen molar-refractivity contribution in [2.75, 3.05) is 12.3 Å². The van der Waals surface area contributed by atoms with E-state index in [0.29, 0.717) is 17.4 Å². The number of thioether (sulfide) groups is 1. The molecular weight excluding hydrogens is 420 g/mol. The molecule has 0 radical (unpaired) electrons. The Bertz CT molecular complexity index is 1310. The molecule has 2 aliphatic rings. The maximum Gasteiger partial charge on any atom is 0.256 e. The van der Waals surface area contributed by atoms with E-state index in [2.05, 4.69) is 32.8 Å². The van der Waals surface area contributed by atoms with E-state index in [4.69, 9.17) is 4.98 Å². The average molecular weight is 445 g/mol. The summed E-state index contributed by atoms with van der Waals surface area (Å²) in [4.78, 5) is 22.2. The fourth-order valence-corrected chi connectivity index (χ4v) is 6.12. The van der Waals surface area contributed by atoms with Gasteiger partial charge in [-0.05, 0) is 49.4 Å². The van der Waals surface area contributed by atoms with Crippen LogP contribution >= 0.6 is 11.8 Å². The minimum atomic E-state index is 0.0730. The molecule has 0 spiro atoms. The molecule has 4 aromatic rings. The number of nitrogens with zero attached hydrogens (tertiary/aromatic N) is 6. The number of amides is 1. The number of imidazole rings is 1. The minimum absolute atomic E-state index is 0.0730. The maximum absolute atomic E-state index is 13.7. The quantitative estimate of drug-likeness (QED) is 0.439. The van der Waals surface area contributed by atoms with Crippen LogP contribution in [0, 0.1) is 18.8 Å². The number of aromatic nitrogens is 5. The van der Waals surface area contributed by atoms with Gasteiger partial charge in [-0.2, -0.15) is 15.0 Å². The number of hydrogen-bond donors (Lipinski definition) is 0. The lowest BCUT2D eigenvalue weighted by Gasteiger charge is -2.28. The van der Waals surface area contributed by atoms with Gasteiger partial charge in [0.25, 0.3) is 5.91 Å². The number of carbonyl (C=O) groups is 1. The Labute approximate surface area is 190 Å². The van der Waals surface area contributed by atoms with Gasteiger partial charge in [0, 0.05) is 25.4 Å². The second-order valence-corrected chi connectivity index (χ2v) is 9.76. The largest absolute Gasteiger partial charge is 0.334 e. The molecule has 8 heteroatoms. The molecular formula is C24H24N6OS. The normalized spacial score (nSPS) is 21.8. The number of aryl methyl sites for hydroxylation is 2. The van der Waals surface area contributed by atoms with Crippen LogP contribution in [0.4, 0.5) is 0 Å². The summed E-state index contributed by atoms with van der Waals surface area (Å²) in [6.45, 7) is 2.84. The summed E-state index contributed by atoms with van der Waals surface area (Å²) in [6, 6.07) is 14.3. The third-order valence-corrected chi connectivity index (χ3v) is 7.84. The fourth-order valence-electron chi connectivity index (χ4n) is 4.92. The summed E-state index contributed by atoms with van der Waals surface area (Å²) < 4.78 is 2.15. The second-order valence-electron chi connectivity index (χ2n) is 8.78. The molecule has 2 fully saturated rings. The number of rotatable bonds is 5. The number of fused-ring (bicyclic) bond motifs is 2. The molecule has 0 unspecified atom stereocenters. The van der Waals surface area contributed by atoms with Crippen molar-refractivity contribution < 1.29 is 4.79 Å². The van der Waals surface area contributed by atoms with Gasteiger partial charge < -0.3 is 9.47 Å². The molecule has 0 bridgehead atoms. The van der Waals surface area contributed by atoms with Crippen molar-refractivity contribution in [3.05, 3.63) is 66.0 Å². The van der Waals surface area contributed by atoms with Gasteiger partial charge in [-0.25, -0.2) is 4.98 Å². The van der Waals surface area contributed by atoms with Crippen LogP contribution in [-0.2, 0) is 7.05 Å². The molecule has 6 rings (SSSR count). The molecule has 0 N–H and O–H groups in total. The summed E-state index contributed by atoms with van der Waals surface area (Å²) in [6.07, 6.45) is 4.49. The molecule has 3 heterocycles. The third kappa shape index (κ3) is 3.21. The van der Waals surface area contributed by atoms with Gasteiger partial charge in [0.1, 0.15) is 0 Å². The molecule has 1 saturated carbocycles. The van der Waals surface area contributed by atoms with Crippen LogP contribution in [0.25, 0.3) is 16.7 Å². The van der Waals surface area contributed by atoms with Crippen LogP contribution in [0.1, 0.15) is 22.3 Å². The zero-order chi connectivity index (χ0) is 21.8. The Morgan fingerprint density at radius 2 is 1.97 bits per heavy atom. The molecule has 7 nitrogen and oxygen atoms in total. The van der Waals surface area contributed by atoms with Gasteiger partial charge in [0.15, 0.2) is 5.16 Å². The summed E-state index contributed by atoms with van der Waals surface area (Å²) >= 11 is 1.75. The highest BCUT2D eigenvalue weighted by Crippen LogP contribution is 2.51. The third-order valence-electron chi connectivity index (χ3n) is 6.71.